The van der Waals surface area contributed by atoms with E-state index < -0.39 is 10.0 Å². The van der Waals surface area contributed by atoms with Crippen LogP contribution in [0, 0.1) is 0 Å². The largest absolute Gasteiger partial charge is 0.321 e. The fourth-order valence-corrected chi connectivity index (χ4v) is 5.79. The molecule has 0 saturated carbocycles. The minimum atomic E-state index is -3.49. The van der Waals surface area contributed by atoms with Crippen LogP contribution in [-0.4, -0.2) is 49.7 Å². The quantitative estimate of drug-likeness (QED) is 0.426. The average molecular weight is 539 g/mol. The van der Waals surface area contributed by atoms with Gasteiger partial charge in [0, 0.05) is 38.3 Å². The topological polar surface area (TPSA) is 69.7 Å². The molecule has 0 atom stereocenters. The molecule has 1 N–H and O–H groups in total. The van der Waals surface area contributed by atoms with Gasteiger partial charge in [0.15, 0.2) is 0 Å². The Labute approximate surface area is 214 Å². The average Bonchev–Trinajstić information content (AvgIpc) is 2.83. The number of halogens is 3. The summed E-state index contributed by atoms with van der Waals surface area (Å²) in [7, 11) is -3.49. The molecular weight excluding hydrogens is 517 g/mol. The van der Waals surface area contributed by atoms with Crippen molar-refractivity contribution >= 4 is 56.4 Å². The molecule has 0 aliphatic carbocycles. The van der Waals surface area contributed by atoms with Crippen molar-refractivity contribution in [3.05, 3.63) is 92.9 Å². The summed E-state index contributed by atoms with van der Waals surface area (Å²) in [6.07, 6.45) is 0. The predicted octanol–water partition coefficient (Wildman–Crippen LogP) is 5.41. The third-order valence-electron chi connectivity index (χ3n) is 5.57. The Kier molecular flexibility index (Phi) is 7.82. The van der Waals surface area contributed by atoms with E-state index in [1.807, 2.05) is 18.2 Å². The number of amides is 1. The molecule has 1 aliphatic heterocycles. The molecule has 3 aromatic rings. The Morgan fingerprint density at radius 1 is 0.824 bits per heavy atom. The molecule has 34 heavy (non-hydrogen) atoms. The van der Waals surface area contributed by atoms with Gasteiger partial charge in [0.2, 0.25) is 10.0 Å². The van der Waals surface area contributed by atoms with Crippen molar-refractivity contribution in [1.29, 1.82) is 0 Å². The van der Waals surface area contributed by atoms with Crippen molar-refractivity contribution in [3.63, 3.8) is 0 Å². The number of rotatable bonds is 6. The van der Waals surface area contributed by atoms with Gasteiger partial charge in [-0.15, -0.1) is 0 Å². The zero-order valence-corrected chi connectivity index (χ0v) is 21.1. The second kappa shape index (κ2) is 10.6. The molecule has 0 unspecified atom stereocenters. The molecule has 0 bridgehead atoms. The normalized spacial score (nSPS) is 15.3. The predicted molar refractivity (Wildman–Crippen MR) is 136 cm³/mol. The first-order chi connectivity index (χ1) is 16.2. The molecule has 3 aromatic carbocycles. The number of hydrogen-bond donors (Lipinski definition) is 1. The number of anilines is 1. The minimum Gasteiger partial charge on any atom is -0.321 e. The highest BCUT2D eigenvalue weighted by Crippen LogP contribution is 2.32. The second-order valence-electron chi connectivity index (χ2n) is 7.89. The molecule has 1 fully saturated rings. The molecule has 0 aromatic heterocycles. The van der Waals surface area contributed by atoms with E-state index in [1.165, 1.54) is 16.4 Å². The van der Waals surface area contributed by atoms with Gasteiger partial charge in [-0.2, -0.15) is 4.31 Å². The maximum Gasteiger partial charge on any atom is 0.255 e. The number of benzene rings is 3. The van der Waals surface area contributed by atoms with Crippen molar-refractivity contribution in [2.45, 2.75) is 11.4 Å². The van der Waals surface area contributed by atoms with Crippen LogP contribution < -0.4 is 5.32 Å². The summed E-state index contributed by atoms with van der Waals surface area (Å²) < 4.78 is 27.2. The molecule has 1 saturated heterocycles. The van der Waals surface area contributed by atoms with Gasteiger partial charge in [0.1, 0.15) is 0 Å². The third kappa shape index (κ3) is 5.74. The lowest BCUT2D eigenvalue weighted by atomic mass is 10.1. The lowest BCUT2D eigenvalue weighted by Gasteiger charge is -2.34. The standard InChI is InChI=1S/C24H22Cl3N3O3S/c25-20-14-22(27)23(15-21(20)26)28-24(31)18-6-4-5-17(13-18)16-29-9-11-30(12-10-29)34(32,33)19-7-2-1-3-8-19/h1-8,13-15H,9-12,16H2,(H,28,31). The van der Waals surface area contributed by atoms with E-state index in [-0.39, 0.29) is 5.91 Å². The zero-order chi connectivity index (χ0) is 24.3. The number of carbonyl (C=O) groups excluding carboxylic acids is 1. The van der Waals surface area contributed by atoms with Crippen LogP contribution in [-0.2, 0) is 16.6 Å². The van der Waals surface area contributed by atoms with Gasteiger partial charge in [-0.1, -0.05) is 65.1 Å². The highest BCUT2D eigenvalue weighted by Gasteiger charge is 2.28. The summed E-state index contributed by atoms with van der Waals surface area (Å²) in [4.78, 5) is 15.2. The number of nitrogens with zero attached hydrogens (tertiary/aromatic N) is 2. The lowest BCUT2D eigenvalue weighted by molar-refractivity contribution is 0.102. The van der Waals surface area contributed by atoms with Crippen LogP contribution in [0.5, 0.6) is 0 Å². The first-order valence-electron chi connectivity index (χ1n) is 10.6. The Hall–Kier alpha value is -2.13. The van der Waals surface area contributed by atoms with E-state index in [0.29, 0.717) is 63.9 Å². The number of nitrogens with one attached hydrogen (secondary N) is 1. The number of sulfonamides is 1. The van der Waals surface area contributed by atoms with Crippen molar-refractivity contribution in [1.82, 2.24) is 9.21 Å². The molecule has 4 rings (SSSR count). The lowest BCUT2D eigenvalue weighted by Crippen LogP contribution is -2.48. The molecule has 0 radical (unpaired) electrons. The summed E-state index contributed by atoms with van der Waals surface area (Å²) in [5.74, 6) is -0.319. The van der Waals surface area contributed by atoms with Gasteiger partial charge < -0.3 is 5.32 Å². The van der Waals surface area contributed by atoms with Gasteiger partial charge >= 0.3 is 0 Å². The van der Waals surface area contributed by atoms with Crippen LogP contribution in [0.4, 0.5) is 5.69 Å². The van der Waals surface area contributed by atoms with Gasteiger partial charge in [-0.25, -0.2) is 8.42 Å². The fraction of sp³-hybridized carbons (Fsp3) is 0.208. The van der Waals surface area contributed by atoms with E-state index in [0.717, 1.165) is 5.56 Å². The van der Waals surface area contributed by atoms with Crippen LogP contribution in [0.25, 0.3) is 0 Å². The Balaban J connectivity index is 1.38. The molecule has 6 nitrogen and oxygen atoms in total. The van der Waals surface area contributed by atoms with Gasteiger partial charge in [0.25, 0.3) is 5.91 Å². The molecule has 1 aliphatic rings. The monoisotopic (exact) mass is 537 g/mol. The maximum absolute atomic E-state index is 12.8. The minimum absolute atomic E-state index is 0.294. The van der Waals surface area contributed by atoms with Crippen molar-refractivity contribution in [3.8, 4) is 0 Å². The fourth-order valence-electron chi connectivity index (χ4n) is 3.75. The summed E-state index contributed by atoms with van der Waals surface area (Å²) in [5, 5.41) is 3.66. The number of carbonyl (C=O) groups is 1. The SMILES string of the molecule is O=C(Nc1cc(Cl)c(Cl)cc1Cl)c1cccc(CN2CCN(S(=O)(=O)c3ccccc3)CC2)c1. The summed E-state index contributed by atoms with van der Waals surface area (Å²) in [6, 6.07) is 18.8. The van der Waals surface area contributed by atoms with Crippen LogP contribution in [0.3, 0.4) is 0 Å². The van der Waals surface area contributed by atoms with Crippen LogP contribution in [0.2, 0.25) is 15.1 Å². The first kappa shape index (κ1) is 25.0. The molecule has 0 spiro atoms. The van der Waals surface area contributed by atoms with Crippen molar-refractivity contribution < 1.29 is 13.2 Å². The number of piperazine rings is 1. The van der Waals surface area contributed by atoms with Gasteiger partial charge in [-0.05, 0) is 42.0 Å². The number of hydrogen-bond acceptors (Lipinski definition) is 4. The van der Waals surface area contributed by atoms with Gasteiger partial charge in [0.05, 0.1) is 25.7 Å². The Bertz CT molecular complexity index is 1300. The van der Waals surface area contributed by atoms with E-state index in [1.54, 1.807) is 36.4 Å². The van der Waals surface area contributed by atoms with E-state index >= 15 is 0 Å². The summed E-state index contributed by atoms with van der Waals surface area (Å²) >= 11 is 18.1. The van der Waals surface area contributed by atoms with Crippen molar-refractivity contribution in [2.75, 3.05) is 31.5 Å². The molecular formula is C24H22Cl3N3O3S. The van der Waals surface area contributed by atoms with Crippen molar-refractivity contribution in [2.24, 2.45) is 0 Å². The summed E-state index contributed by atoms with van der Waals surface area (Å²) in [6.45, 7) is 2.62. The van der Waals surface area contributed by atoms with E-state index in [4.69, 9.17) is 34.8 Å². The zero-order valence-electron chi connectivity index (χ0n) is 18.0. The molecule has 1 heterocycles. The third-order valence-corrected chi connectivity index (χ3v) is 8.51. The first-order valence-corrected chi connectivity index (χ1v) is 13.1. The molecule has 178 valence electrons. The van der Waals surface area contributed by atoms with Crippen LogP contribution in [0.1, 0.15) is 15.9 Å². The highest BCUT2D eigenvalue weighted by molar-refractivity contribution is 7.89. The Morgan fingerprint density at radius 2 is 1.50 bits per heavy atom. The van der Waals surface area contributed by atoms with Gasteiger partial charge in [-0.3, -0.25) is 9.69 Å². The molecule has 1 amide bonds. The second-order valence-corrected chi connectivity index (χ2v) is 11.1. The Morgan fingerprint density at radius 3 is 2.21 bits per heavy atom. The highest BCUT2D eigenvalue weighted by atomic mass is 35.5. The van der Waals surface area contributed by atoms with E-state index in [9.17, 15) is 13.2 Å². The smallest absolute Gasteiger partial charge is 0.255 e. The van der Waals surface area contributed by atoms with Crippen LogP contribution in [0.15, 0.2) is 71.6 Å². The molecule has 10 heteroatoms. The van der Waals surface area contributed by atoms with Crippen LogP contribution >= 0.6 is 34.8 Å². The summed E-state index contributed by atoms with van der Waals surface area (Å²) in [5.41, 5.74) is 1.80. The van der Waals surface area contributed by atoms with E-state index in [2.05, 4.69) is 10.2 Å². The maximum atomic E-state index is 12.8.